The van der Waals surface area contributed by atoms with E-state index in [1.165, 1.54) is 11.3 Å². The molecule has 1 heterocycles. The molecule has 0 spiro atoms. The largest absolute Gasteiger partial charge is 0.373 e. The van der Waals surface area contributed by atoms with Crippen LogP contribution in [0.15, 0.2) is 54.2 Å². The Morgan fingerprint density at radius 3 is 2.54 bits per heavy atom. The fourth-order valence-corrected chi connectivity index (χ4v) is 3.86. The first-order valence-corrected chi connectivity index (χ1v) is 10.3. The van der Waals surface area contributed by atoms with Gasteiger partial charge < -0.3 is 15.1 Å². The summed E-state index contributed by atoms with van der Waals surface area (Å²) in [5.74, 6) is -0.368. The maximum atomic E-state index is 12.5. The minimum absolute atomic E-state index is 0.127. The maximum Gasteiger partial charge on any atom is 0.267 e. The van der Waals surface area contributed by atoms with Crippen LogP contribution in [0.2, 0.25) is 0 Å². The zero-order valence-corrected chi connectivity index (χ0v) is 18.2. The number of halogens is 1. The third kappa shape index (κ3) is 5.04. The normalized spacial score (nSPS) is 14.6. The summed E-state index contributed by atoms with van der Waals surface area (Å²) in [6, 6.07) is 16.3. The Balaban J connectivity index is 1.63. The molecule has 2 aromatic carbocycles. The summed E-state index contributed by atoms with van der Waals surface area (Å²) < 4.78 is 1.11. The summed E-state index contributed by atoms with van der Waals surface area (Å²) in [6.07, 6.45) is 1.69. The second-order valence-corrected chi connectivity index (χ2v) is 8.18. The summed E-state index contributed by atoms with van der Waals surface area (Å²) in [6.45, 7) is 7.30. The van der Waals surface area contributed by atoms with E-state index in [0.29, 0.717) is 0 Å². The fraction of sp³-hybridized carbons (Fsp3) is 0.273. The zero-order chi connectivity index (χ0) is 20.1. The van der Waals surface area contributed by atoms with Crippen LogP contribution in [0.3, 0.4) is 0 Å². The zero-order valence-electron chi connectivity index (χ0n) is 16.1. The Morgan fingerprint density at radius 1 is 1.14 bits per heavy atom. The Kier molecular flexibility index (Phi) is 6.57. The van der Waals surface area contributed by atoms with Crippen LogP contribution in [0.4, 0.5) is 11.4 Å². The lowest BCUT2D eigenvalue weighted by Crippen LogP contribution is -2.44. The molecular weight excluding hydrogens is 463 g/mol. The van der Waals surface area contributed by atoms with Gasteiger partial charge >= 0.3 is 0 Å². The minimum atomic E-state index is -0.368. The number of rotatable bonds is 4. The molecule has 0 aliphatic carbocycles. The van der Waals surface area contributed by atoms with Crippen LogP contribution in [0.5, 0.6) is 0 Å². The lowest BCUT2D eigenvalue weighted by Gasteiger charge is -2.35. The highest BCUT2D eigenvalue weighted by Crippen LogP contribution is 2.20. The van der Waals surface area contributed by atoms with Crippen molar-refractivity contribution in [3.8, 4) is 6.07 Å². The molecule has 144 valence electrons. The van der Waals surface area contributed by atoms with E-state index in [4.69, 9.17) is 0 Å². The predicted molar refractivity (Wildman–Crippen MR) is 121 cm³/mol. The van der Waals surface area contributed by atoms with Crippen molar-refractivity contribution in [1.29, 1.82) is 5.26 Å². The standard InChI is InChI=1S/C22H23IN4O/c1-16-4-3-5-20(12-16)27-10-8-26(9-11-27)15-18(14-24)22(28)25-21-7-6-19(23)13-17(21)2/h3-7,12-13,15H,8-11H2,1-2H3,(H,25,28)/b18-15-. The highest BCUT2D eigenvalue weighted by Gasteiger charge is 2.18. The molecule has 5 nitrogen and oxygen atoms in total. The average Bonchev–Trinajstić information content (AvgIpc) is 2.68. The number of carbonyl (C=O) groups excluding carboxylic acids is 1. The first-order valence-electron chi connectivity index (χ1n) is 9.21. The molecule has 0 unspecified atom stereocenters. The number of nitrogens with one attached hydrogen (secondary N) is 1. The maximum absolute atomic E-state index is 12.5. The molecule has 28 heavy (non-hydrogen) atoms. The van der Waals surface area contributed by atoms with Gasteiger partial charge in [-0.2, -0.15) is 5.26 Å². The van der Waals surface area contributed by atoms with Crippen molar-refractivity contribution >= 4 is 39.9 Å². The number of hydrogen-bond acceptors (Lipinski definition) is 4. The fourth-order valence-electron chi connectivity index (χ4n) is 3.21. The second-order valence-electron chi connectivity index (χ2n) is 6.93. The van der Waals surface area contributed by atoms with Gasteiger partial charge in [-0.1, -0.05) is 12.1 Å². The SMILES string of the molecule is Cc1cccc(N2CCN(/C=C(/C#N)C(=O)Nc3ccc(I)cc3C)CC2)c1. The molecule has 0 aromatic heterocycles. The van der Waals surface area contributed by atoms with Crippen LogP contribution in [-0.2, 0) is 4.79 Å². The number of aryl methyl sites for hydroxylation is 2. The Labute approximate surface area is 179 Å². The van der Waals surface area contributed by atoms with Crippen molar-refractivity contribution in [2.24, 2.45) is 0 Å². The quantitative estimate of drug-likeness (QED) is 0.402. The van der Waals surface area contributed by atoms with Crippen molar-refractivity contribution in [2.75, 3.05) is 36.4 Å². The number of nitriles is 1. The molecule has 1 saturated heterocycles. The molecule has 0 bridgehead atoms. The van der Waals surface area contributed by atoms with Gasteiger partial charge in [0.2, 0.25) is 0 Å². The number of hydrogen-bond donors (Lipinski definition) is 1. The van der Waals surface area contributed by atoms with E-state index in [9.17, 15) is 10.1 Å². The number of anilines is 2. The first kappa shape index (κ1) is 20.2. The smallest absolute Gasteiger partial charge is 0.267 e. The number of benzene rings is 2. The summed E-state index contributed by atoms with van der Waals surface area (Å²) in [5, 5.41) is 12.3. The van der Waals surface area contributed by atoms with E-state index in [-0.39, 0.29) is 11.5 Å². The Hall–Kier alpha value is -2.53. The highest BCUT2D eigenvalue weighted by molar-refractivity contribution is 14.1. The van der Waals surface area contributed by atoms with E-state index in [1.54, 1.807) is 6.20 Å². The van der Waals surface area contributed by atoms with Gasteiger partial charge in [0.05, 0.1) is 0 Å². The number of nitrogens with zero attached hydrogens (tertiary/aromatic N) is 3. The number of amides is 1. The number of piperazine rings is 1. The van der Waals surface area contributed by atoms with Crippen LogP contribution >= 0.6 is 22.6 Å². The van der Waals surface area contributed by atoms with Gasteiger partial charge in [0.25, 0.3) is 5.91 Å². The molecule has 1 N–H and O–H groups in total. The van der Waals surface area contributed by atoms with Crippen LogP contribution in [-0.4, -0.2) is 37.0 Å². The molecule has 0 radical (unpaired) electrons. The van der Waals surface area contributed by atoms with Crippen LogP contribution in [0.1, 0.15) is 11.1 Å². The average molecular weight is 486 g/mol. The first-order chi connectivity index (χ1) is 13.5. The summed E-state index contributed by atoms with van der Waals surface area (Å²) in [5.41, 5.74) is 4.30. The summed E-state index contributed by atoms with van der Waals surface area (Å²) >= 11 is 2.23. The highest BCUT2D eigenvalue weighted by atomic mass is 127. The lowest BCUT2D eigenvalue weighted by atomic mass is 10.2. The van der Waals surface area contributed by atoms with Crippen molar-refractivity contribution in [3.63, 3.8) is 0 Å². The molecule has 1 amide bonds. The van der Waals surface area contributed by atoms with Crippen LogP contribution in [0, 0.1) is 28.7 Å². The van der Waals surface area contributed by atoms with E-state index in [2.05, 4.69) is 64.0 Å². The van der Waals surface area contributed by atoms with Gasteiger partial charge in [0.1, 0.15) is 11.6 Å². The summed E-state index contributed by atoms with van der Waals surface area (Å²) in [7, 11) is 0. The molecule has 6 heteroatoms. The Bertz CT molecular complexity index is 940. The monoisotopic (exact) mass is 486 g/mol. The van der Waals surface area contributed by atoms with Gasteiger partial charge in [0, 0.05) is 47.3 Å². The van der Waals surface area contributed by atoms with E-state index in [1.807, 2.05) is 36.1 Å². The molecule has 0 atom stereocenters. The van der Waals surface area contributed by atoms with Gasteiger partial charge in [-0.05, 0) is 77.9 Å². The van der Waals surface area contributed by atoms with Crippen molar-refractivity contribution in [1.82, 2.24) is 4.90 Å². The molecule has 1 aliphatic rings. The third-order valence-corrected chi connectivity index (χ3v) is 5.47. The van der Waals surface area contributed by atoms with Gasteiger partial charge in [-0.3, -0.25) is 4.79 Å². The molecule has 3 rings (SSSR count). The molecule has 0 saturated carbocycles. The molecular formula is C22H23IN4O. The van der Waals surface area contributed by atoms with E-state index >= 15 is 0 Å². The van der Waals surface area contributed by atoms with E-state index < -0.39 is 0 Å². The van der Waals surface area contributed by atoms with Crippen molar-refractivity contribution in [3.05, 3.63) is 68.9 Å². The number of carbonyl (C=O) groups is 1. The second kappa shape index (κ2) is 9.11. The van der Waals surface area contributed by atoms with Crippen LogP contribution in [0.25, 0.3) is 0 Å². The predicted octanol–water partition coefficient (Wildman–Crippen LogP) is 4.08. The topological polar surface area (TPSA) is 59.4 Å². The van der Waals surface area contributed by atoms with Gasteiger partial charge in [-0.15, -0.1) is 0 Å². The van der Waals surface area contributed by atoms with E-state index in [0.717, 1.165) is 41.0 Å². The van der Waals surface area contributed by atoms with Gasteiger partial charge in [-0.25, -0.2) is 0 Å². The Morgan fingerprint density at radius 2 is 1.89 bits per heavy atom. The minimum Gasteiger partial charge on any atom is -0.373 e. The third-order valence-electron chi connectivity index (χ3n) is 4.79. The molecule has 1 fully saturated rings. The van der Waals surface area contributed by atoms with Crippen molar-refractivity contribution < 1.29 is 4.79 Å². The summed E-state index contributed by atoms with van der Waals surface area (Å²) in [4.78, 5) is 16.9. The molecule has 2 aromatic rings. The van der Waals surface area contributed by atoms with Crippen molar-refractivity contribution in [2.45, 2.75) is 13.8 Å². The van der Waals surface area contributed by atoms with Crippen LogP contribution < -0.4 is 10.2 Å². The molecule has 1 aliphatic heterocycles. The lowest BCUT2D eigenvalue weighted by molar-refractivity contribution is -0.112. The van der Waals surface area contributed by atoms with Gasteiger partial charge in [0.15, 0.2) is 0 Å².